The molecule has 2 rings (SSSR count). The molecule has 1 aliphatic rings. The molecule has 1 aliphatic heterocycles. The summed E-state index contributed by atoms with van der Waals surface area (Å²) in [4.78, 5) is 0. The van der Waals surface area contributed by atoms with Gasteiger partial charge in [0.15, 0.2) is 11.5 Å². The van der Waals surface area contributed by atoms with Gasteiger partial charge in [-0.1, -0.05) is 6.92 Å². The van der Waals surface area contributed by atoms with E-state index in [2.05, 4.69) is 0 Å². The van der Waals surface area contributed by atoms with E-state index in [1.807, 2.05) is 6.92 Å². The van der Waals surface area contributed by atoms with Crippen LogP contribution in [0.4, 0.5) is 8.78 Å². The number of rotatable bonds is 3. The van der Waals surface area contributed by atoms with Crippen LogP contribution in [-0.4, -0.2) is 19.8 Å². The molecule has 0 bridgehead atoms. The molecule has 5 heteroatoms. The Bertz CT molecular complexity index is 443. The lowest BCUT2D eigenvalue weighted by atomic mass is 9.92. The largest absolute Gasteiger partial charge is 0.486 e. The predicted molar refractivity (Wildman–Crippen MR) is 64.5 cm³/mol. The van der Waals surface area contributed by atoms with Crippen molar-refractivity contribution in [3.05, 3.63) is 23.3 Å². The van der Waals surface area contributed by atoms with Gasteiger partial charge in [-0.15, -0.1) is 0 Å². The Balaban J connectivity index is 2.54. The average Bonchev–Trinajstić information content (AvgIpc) is 2.35. The summed E-state index contributed by atoms with van der Waals surface area (Å²) in [7, 11) is 0. The molecule has 0 aromatic heterocycles. The maximum absolute atomic E-state index is 13.6. The van der Waals surface area contributed by atoms with Gasteiger partial charge in [-0.25, -0.2) is 8.78 Å². The average molecular weight is 257 g/mol. The fourth-order valence-corrected chi connectivity index (χ4v) is 2.02. The smallest absolute Gasteiger partial charge is 0.270 e. The summed E-state index contributed by atoms with van der Waals surface area (Å²) in [5.74, 6) is -2.17. The Hall–Kier alpha value is -1.36. The van der Waals surface area contributed by atoms with Crippen LogP contribution in [0.15, 0.2) is 12.1 Å². The number of alkyl halides is 2. The van der Waals surface area contributed by atoms with Gasteiger partial charge in [-0.05, 0) is 30.2 Å². The number of hydrogen-bond acceptors (Lipinski definition) is 3. The SMILES string of the molecule is CC(CN)c1cc2c(cc1C(C)(F)F)OCCO2. The van der Waals surface area contributed by atoms with Crippen molar-refractivity contribution in [3.63, 3.8) is 0 Å². The second-order valence-corrected chi connectivity index (χ2v) is 4.61. The van der Waals surface area contributed by atoms with E-state index in [0.717, 1.165) is 6.92 Å². The van der Waals surface area contributed by atoms with Crippen molar-refractivity contribution >= 4 is 0 Å². The van der Waals surface area contributed by atoms with Gasteiger partial charge < -0.3 is 15.2 Å². The highest BCUT2D eigenvalue weighted by molar-refractivity contribution is 5.50. The number of ether oxygens (including phenoxy) is 2. The zero-order chi connectivity index (χ0) is 13.3. The molecule has 100 valence electrons. The zero-order valence-corrected chi connectivity index (χ0v) is 10.5. The highest BCUT2D eigenvalue weighted by Crippen LogP contribution is 2.41. The number of benzene rings is 1. The van der Waals surface area contributed by atoms with E-state index >= 15 is 0 Å². The van der Waals surface area contributed by atoms with Crippen molar-refractivity contribution in [2.75, 3.05) is 19.8 Å². The molecular formula is C13H17F2NO2. The number of hydrogen-bond donors (Lipinski definition) is 1. The second-order valence-electron chi connectivity index (χ2n) is 4.61. The maximum atomic E-state index is 13.6. The summed E-state index contributed by atoms with van der Waals surface area (Å²) in [6.07, 6.45) is 0. The van der Waals surface area contributed by atoms with E-state index in [4.69, 9.17) is 15.2 Å². The first-order valence-electron chi connectivity index (χ1n) is 5.95. The zero-order valence-electron chi connectivity index (χ0n) is 10.5. The molecule has 18 heavy (non-hydrogen) atoms. The summed E-state index contributed by atoms with van der Waals surface area (Å²) < 4.78 is 38.0. The Labute approximate surface area is 105 Å². The van der Waals surface area contributed by atoms with E-state index in [1.165, 1.54) is 6.07 Å². The van der Waals surface area contributed by atoms with Gasteiger partial charge >= 0.3 is 0 Å². The molecule has 0 radical (unpaired) electrons. The van der Waals surface area contributed by atoms with Crippen LogP contribution in [-0.2, 0) is 5.92 Å². The van der Waals surface area contributed by atoms with E-state index in [-0.39, 0.29) is 11.5 Å². The van der Waals surface area contributed by atoms with Gasteiger partial charge in [0.05, 0.1) is 0 Å². The fourth-order valence-electron chi connectivity index (χ4n) is 2.02. The van der Waals surface area contributed by atoms with Crippen LogP contribution in [0.25, 0.3) is 0 Å². The number of nitrogens with two attached hydrogens (primary N) is 1. The molecule has 2 N–H and O–H groups in total. The summed E-state index contributed by atoms with van der Waals surface area (Å²) in [6.45, 7) is 3.83. The topological polar surface area (TPSA) is 44.5 Å². The molecule has 1 aromatic carbocycles. The van der Waals surface area contributed by atoms with E-state index in [0.29, 0.717) is 36.8 Å². The molecule has 3 nitrogen and oxygen atoms in total. The Kier molecular flexibility index (Phi) is 3.43. The monoisotopic (exact) mass is 257 g/mol. The molecule has 0 amide bonds. The lowest BCUT2D eigenvalue weighted by Crippen LogP contribution is -2.20. The van der Waals surface area contributed by atoms with Crippen LogP contribution in [0, 0.1) is 0 Å². The first-order valence-corrected chi connectivity index (χ1v) is 5.95. The highest BCUT2D eigenvalue weighted by atomic mass is 19.3. The van der Waals surface area contributed by atoms with Gasteiger partial charge in [0.25, 0.3) is 5.92 Å². The normalized spacial score (nSPS) is 16.5. The van der Waals surface area contributed by atoms with Crippen LogP contribution in [0.1, 0.15) is 30.9 Å². The molecule has 0 saturated heterocycles. The summed E-state index contributed by atoms with van der Waals surface area (Å²) in [5, 5.41) is 0. The molecule has 0 fully saturated rings. The summed E-state index contributed by atoms with van der Waals surface area (Å²) >= 11 is 0. The van der Waals surface area contributed by atoms with Crippen LogP contribution in [0.5, 0.6) is 11.5 Å². The first kappa shape index (κ1) is 13.1. The van der Waals surface area contributed by atoms with Crippen molar-refractivity contribution in [2.45, 2.75) is 25.7 Å². The van der Waals surface area contributed by atoms with Gasteiger partial charge in [0, 0.05) is 12.5 Å². The molecule has 0 spiro atoms. The molecule has 1 aromatic rings. The first-order chi connectivity index (χ1) is 8.43. The minimum atomic E-state index is -2.92. The van der Waals surface area contributed by atoms with Crippen molar-refractivity contribution < 1.29 is 18.3 Å². The number of fused-ring (bicyclic) bond motifs is 1. The van der Waals surface area contributed by atoms with Gasteiger partial charge in [0.2, 0.25) is 0 Å². The molecule has 1 atom stereocenters. The molecule has 1 heterocycles. The standard InChI is InChI=1S/C13H17F2NO2/c1-8(7-16)9-5-11-12(18-4-3-17-11)6-10(9)13(2,14)15/h5-6,8H,3-4,7,16H2,1-2H3. The lowest BCUT2D eigenvalue weighted by molar-refractivity contribution is 0.0157. The van der Waals surface area contributed by atoms with Crippen LogP contribution >= 0.6 is 0 Å². The molecule has 0 saturated carbocycles. The summed E-state index contributed by atoms with van der Waals surface area (Å²) in [5.41, 5.74) is 6.06. The minimum absolute atomic E-state index is 0.0373. The minimum Gasteiger partial charge on any atom is -0.486 e. The molecule has 1 unspecified atom stereocenters. The maximum Gasteiger partial charge on any atom is 0.270 e. The van der Waals surface area contributed by atoms with E-state index in [1.54, 1.807) is 6.07 Å². The Morgan fingerprint density at radius 1 is 1.28 bits per heavy atom. The molecule has 0 aliphatic carbocycles. The lowest BCUT2D eigenvalue weighted by Gasteiger charge is -2.25. The van der Waals surface area contributed by atoms with Crippen molar-refractivity contribution in [1.82, 2.24) is 0 Å². The van der Waals surface area contributed by atoms with Gasteiger partial charge in [-0.2, -0.15) is 0 Å². The Morgan fingerprint density at radius 2 is 1.83 bits per heavy atom. The van der Waals surface area contributed by atoms with Crippen molar-refractivity contribution in [2.24, 2.45) is 5.73 Å². The molecular weight excluding hydrogens is 240 g/mol. The third kappa shape index (κ3) is 2.41. The van der Waals surface area contributed by atoms with Crippen LogP contribution in [0.2, 0.25) is 0 Å². The third-order valence-corrected chi connectivity index (χ3v) is 3.07. The Morgan fingerprint density at radius 3 is 2.33 bits per heavy atom. The van der Waals surface area contributed by atoms with Crippen LogP contribution < -0.4 is 15.2 Å². The second kappa shape index (κ2) is 4.72. The fraction of sp³-hybridized carbons (Fsp3) is 0.538. The highest BCUT2D eigenvalue weighted by Gasteiger charge is 2.31. The van der Waals surface area contributed by atoms with E-state index < -0.39 is 5.92 Å². The van der Waals surface area contributed by atoms with E-state index in [9.17, 15) is 8.78 Å². The number of halogens is 2. The van der Waals surface area contributed by atoms with Crippen LogP contribution in [0.3, 0.4) is 0 Å². The quantitative estimate of drug-likeness (QED) is 0.905. The van der Waals surface area contributed by atoms with Gasteiger partial charge in [0.1, 0.15) is 13.2 Å². The third-order valence-electron chi connectivity index (χ3n) is 3.07. The van der Waals surface area contributed by atoms with Crippen molar-refractivity contribution in [1.29, 1.82) is 0 Å². The van der Waals surface area contributed by atoms with Gasteiger partial charge in [-0.3, -0.25) is 0 Å². The van der Waals surface area contributed by atoms with Crippen molar-refractivity contribution in [3.8, 4) is 11.5 Å². The predicted octanol–water partition coefficient (Wildman–Crippen LogP) is 2.63. The summed E-state index contributed by atoms with van der Waals surface area (Å²) in [6, 6.07) is 2.99.